The van der Waals surface area contributed by atoms with E-state index < -0.39 is 0 Å². The van der Waals surface area contributed by atoms with Gasteiger partial charge in [0, 0.05) is 5.56 Å². The first kappa shape index (κ1) is 12.6. The van der Waals surface area contributed by atoms with E-state index in [1.54, 1.807) is 14.2 Å². The van der Waals surface area contributed by atoms with Gasteiger partial charge < -0.3 is 15.2 Å². The molecular formula is C10H13BrClNO2. The Labute approximate surface area is 103 Å². The van der Waals surface area contributed by atoms with Crippen LogP contribution in [0, 0.1) is 0 Å². The van der Waals surface area contributed by atoms with E-state index >= 15 is 0 Å². The Hall–Kier alpha value is -0.450. The van der Waals surface area contributed by atoms with Gasteiger partial charge in [0.1, 0.15) is 16.5 Å². The summed E-state index contributed by atoms with van der Waals surface area (Å²) in [5, 5.41) is 0.514. The molecule has 1 aromatic carbocycles. The standard InChI is InChI=1S/C10H13BrClNO2/c1-14-7-5-6(3-4-13)10(15-2)9(12)8(7)11/h5H,3-4,13H2,1-2H3. The first-order valence-corrected chi connectivity index (χ1v) is 5.61. The van der Waals surface area contributed by atoms with Gasteiger partial charge in [-0.15, -0.1) is 0 Å². The molecule has 0 aliphatic heterocycles. The van der Waals surface area contributed by atoms with Crippen molar-refractivity contribution in [2.45, 2.75) is 6.42 Å². The van der Waals surface area contributed by atoms with Crippen molar-refractivity contribution >= 4 is 27.5 Å². The number of hydrogen-bond donors (Lipinski definition) is 1. The Balaban J connectivity index is 3.30. The fourth-order valence-electron chi connectivity index (χ4n) is 1.35. The molecule has 0 aliphatic carbocycles. The Morgan fingerprint density at radius 3 is 2.53 bits per heavy atom. The highest BCUT2D eigenvalue weighted by atomic mass is 79.9. The Morgan fingerprint density at radius 1 is 1.40 bits per heavy atom. The smallest absolute Gasteiger partial charge is 0.142 e. The summed E-state index contributed by atoms with van der Waals surface area (Å²) in [5.41, 5.74) is 6.46. The van der Waals surface area contributed by atoms with E-state index in [1.807, 2.05) is 6.07 Å². The lowest BCUT2D eigenvalue weighted by Gasteiger charge is -2.14. The van der Waals surface area contributed by atoms with Gasteiger partial charge in [-0.3, -0.25) is 0 Å². The zero-order valence-corrected chi connectivity index (χ0v) is 11.0. The van der Waals surface area contributed by atoms with Gasteiger partial charge in [0.05, 0.1) is 18.7 Å². The monoisotopic (exact) mass is 293 g/mol. The van der Waals surface area contributed by atoms with Crippen LogP contribution >= 0.6 is 27.5 Å². The van der Waals surface area contributed by atoms with Crippen molar-refractivity contribution in [1.29, 1.82) is 0 Å². The average molecular weight is 295 g/mol. The summed E-state index contributed by atoms with van der Waals surface area (Å²) in [6.45, 7) is 0.539. The van der Waals surface area contributed by atoms with Crippen LogP contribution in [0.5, 0.6) is 11.5 Å². The predicted octanol–water partition coefficient (Wildman–Crippen LogP) is 2.62. The zero-order chi connectivity index (χ0) is 11.4. The second kappa shape index (κ2) is 5.58. The number of methoxy groups -OCH3 is 2. The third-order valence-electron chi connectivity index (χ3n) is 2.04. The Kier molecular flexibility index (Phi) is 4.70. The van der Waals surface area contributed by atoms with E-state index in [9.17, 15) is 0 Å². The first-order chi connectivity index (χ1) is 7.15. The van der Waals surface area contributed by atoms with E-state index in [0.29, 0.717) is 34.0 Å². The molecule has 0 fully saturated rings. The van der Waals surface area contributed by atoms with Gasteiger partial charge in [0.25, 0.3) is 0 Å². The van der Waals surface area contributed by atoms with Gasteiger partial charge in [-0.05, 0) is 35.0 Å². The quantitative estimate of drug-likeness (QED) is 0.928. The summed E-state index contributed by atoms with van der Waals surface area (Å²) in [5.74, 6) is 1.33. The van der Waals surface area contributed by atoms with Gasteiger partial charge in [-0.2, -0.15) is 0 Å². The normalized spacial score (nSPS) is 10.2. The zero-order valence-electron chi connectivity index (χ0n) is 8.64. The molecule has 0 aliphatic rings. The molecule has 0 saturated heterocycles. The van der Waals surface area contributed by atoms with Crippen LogP contribution in [0.15, 0.2) is 10.5 Å². The minimum atomic E-state index is 0.514. The van der Waals surface area contributed by atoms with Crippen molar-refractivity contribution in [2.24, 2.45) is 5.73 Å². The van der Waals surface area contributed by atoms with Crippen LogP contribution in [0.4, 0.5) is 0 Å². The predicted molar refractivity (Wildman–Crippen MR) is 65.0 cm³/mol. The van der Waals surface area contributed by atoms with E-state index in [1.165, 1.54) is 0 Å². The highest BCUT2D eigenvalue weighted by molar-refractivity contribution is 9.10. The second-order valence-electron chi connectivity index (χ2n) is 2.94. The molecule has 84 valence electrons. The molecule has 0 bridgehead atoms. The molecule has 15 heavy (non-hydrogen) atoms. The summed E-state index contributed by atoms with van der Waals surface area (Å²) in [4.78, 5) is 0. The number of hydrogen-bond acceptors (Lipinski definition) is 3. The largest absolute Gasteiger partial charge is 0.496 e. The molecule has 1 aromatic rings. The molecule has 2 N–H and O–H groups in total. The Morgan fingerprint density at radius 2 is 2.07 bits per heavy atom. The topological polar surface area (TPSA) is 44.5 Å². The molecule has 5 heteroatoms. The molecule has 3 nitrogen and oxygen atoms in total. The average Bonchev–Trinajstić information content (AvgIpc) is 2.24. The van der Waals surface area contributed by atoms with E-state index in [4.69, 9.17) is 26.8 Å². The second-order valence-corrected chi connectivity index (χ2v) is 4.11. The molecule has 0 amide bonds. The van der Waals surface area contributed by atoms with Crippen molar-refractivity contribution in [1.82, 2.24) is 0 Å². The lowest BCUT2D eigenvalue weighted by Crippen LogP contribution is -2.05. The van der Waals surface area contributed by atoms with E-state index in [2.05, 4.69) is 15.9 Å². The summed E-state index contributed by atoms with van der Waals surface area (Å²) < 4.78 is 11.1. The molecule has 0 heterocycles. The van der Waals surface area contributed by atoms with Crippen LogP contribution in [0.1, 0.15) is 5.56 Å². The molecule has 1 rings (SSSR count). The number of nitrogens with two attached hydrogens (primary N) is 1. The van der Waals surface area contributed by atoms with Crippen LogP contribution in [-0.2, 0) is 6.42 Å². The van der Waals surface area contributed by atoms with E-state index in [0.717, 1.165) is 5.56 Å². The highest BCUT2D eigenvalue weighted by Crippen LogP contribution is 2.41. The molecule has 0 radical (unpaired) electrons. The molecular weight excluding hydrogens is 281 g/mol. The summed E-state index contributed by atoms with van der Waals surface area (Å²) >= 11 is 9.47. The third-order valence-corrected chi connectivity index (χ3v) is 3.42. The fourth-order valence-corrected chi connectivity index (χ4v) is 2.09. The van der Waals surface area contributed by atoms with Gasteiger partial charge in [-0.25, -0.2) is 0 Å². The number of benzene rings is 1. The minimum Gasteiger partial charge on any atom is -0.496 e. The van der Waals surface area contributed by atoms with Gasteiger partial charge in [0.2, 0.25) is 0 Å². The number of ether oxygens (including phenoxy) is 2. The molecule has 0 aromatic heterocycles. The SMILES string of the molecule is COc1cc(CCN)c(OC)c(Cl)c1Br. The summed E-state index contributed by atoms with van der Waals surface area (Å²) in [7, 11) is 3.18. The lowest BCUT2D eigenvalue weighted by molar-refractivity contribution is 0.397. The number of rotatable bonds is 4. The maximum atomic E-state index is 6.13. The van der Waals surface area contributed by atoms with Crippen LogP contribution < -0.4 is 15.2 Å². The fraction of sp³-hybridized carbons (Fsp3) is 0.400. The third kappa shape index (κ3) is 2.56. The van der Waals surface area contributed by atoms with Crippen LogP contribution in [0.2, 0.25) is 5.02 Å². The maximum Gasteiger partial charge on any atom is 0.142 e. The van der Waals surface area contributed by atoms with Gasteiger partial charge >= 0.3 is 0 Å². The van der Waals surface area contributed by atoms with Crippen molar-refractivity contribution in [3.63, 3.8) is 0 Å². The minimum absolute atomic E-state index is 0.514. The van der Waals surface area contributed by atoms with Crippen molar-refractivity contribution < 1.29 is 9.47 Å². The number of halogens is 2. The molecule has 0 saturated carbocycles. The van der Waals surface area contributed by atoms with E-state index in [-0.39, 0.29) is 0 Å². The molecule has 0 spiro atoms. The molecule has 0 atom stereocenters. The van der Waals surface area contributed by atoms with Crippen molar-refractivity contribution in [3.05, 3.63) is 21.1 Å². The highest BCUT2D eigenvalue weighted by Gasteiger charge is 2.15. The maximum absolute atomic E-state index is 6.13. The Bertz CT molecular complexity index is 358. The summed E-state index contributed by atoms with van der Waals surface area (Å²) in [6.07, 6.45) is 0.701. The van der Waals surface area contributed by atoms with Gasteiger partial charge in [-0.1, -0.05) is 11.6 Å². The lowest BCUT2D eigenvalue weighted by atomic mass is 10.1. The van der Waals surface area contributed by atoms with Crippen molar-refractivity contribution in [3.8, 4) is 11.5 Å². The van der Waals surface area contributed by atoms with Crippen LogP contribution in [0.3, 0.4) is 0 Å². The first-order valence-electron chi connectivity index (χ1n) is 4.44. The van der Waals surface area contributed by atoms with Crippen molar-refractivity contribution in [2.75, 3.05) is 20.8 Å². The summed E-state index contributed by atoms with van der Waals surface area (Å²) in [6, 6.07) is 1.88. The van der Waals surface area contributed by atoms with Gasteiger partial charge in [0.15, 0.2) is 0 Å². The molecule has 0 unspecified atom stereocenters. The van der Waals surface area contributed by atoms with Crippen LogP contribution in [0.25, 0.3) is 0 Å². The van der Waals surface area contributed by atoms with Crippen LogP contribution in [-0.4, -0.2) is 20.8 Å².